The molecule has 0 atom stereocenters. The summed E-state index contributed by atoms with van der Waals surface area (Å²) in [4.78, 5) is 17.8. The summed E-state index contributed by atoms with van der Waals surface area (Å²) in [6.45, 7) is 3.03. The van der Waals surface area contributed by atoms with Gasteiger partial charge in [0.15, 0.2) is 5.82 Å². The molecule has 2 rings (SSSR count). The molecule has 0 aliphatic carbocycles. The Hall–Kier alpha value is -1.53. The minimum Gasteiger partial charge on any atom is -0.396 e. The highest BCUT2D eigenvalue weighted by Crippen LogP contribution is 2.18. The molecule has 7 heteroatoms. The zero-order valence-corrected chi connectivity index (χ0v) is 11.3. The summed E-state index contributed by atoms with van der Waals surface area (Å²) in [7, 11) is 0. The van der Waals surface area contributed by atoms with Crippen LogP contribution in [-0.4, -0.2) is 48.6 Å². The molecule has 1 aliphatic heterocycles. The van der Waals surface area contributed by atoms with E-state index in [-0.39, 0.29) is 5.91 Å². The van der Waals surface area contributed by atoms with Gasteiger partial charge in [-0.3, -0.25) is 4.79 Å². The number of nitrogen functional groups attached to an aromatic ring is 1. The molecule has 3 N–H and O–H groups in total. The van der Waals surface area contributed by atoms with Crippen LogP contribution in [0.5, 0.6) is 0 Å². The van der Waals surface area contributed by atoms with Crippen molar-refractivity contribution in [1.29, 1.82) is 0 Å². The number of carbonyl (C=O) groups excluding carboxylic acids is 1. The number of halogens is 1. The number of morpholine rings is 1. The number of amides is 1. The van der Waals surface area contributed by atoms with Gasteiger partial charge in [-0.2, -0.15) is 0 Å². The number of anilines is 2. The summed E-state index contributed by atoms with van der Waals surface area (Å²) in [6, 6.07) is 3.31. The van der Waals surface area contributed by atoms with E-state index in [1.807, 2.05) is 0 Å². The van der Waals surface area contributed by atoms with Crippen molar-refractivity contribution in [2.75, 3.05) is 43.9 Å². The molecule has 1 aliphatic rings. The van der Waals surface area contributed by atoms with Gasteiger partial charge in [0.05, 0.1) is 18.9 Å². The van der Waals surface area contributed by atoms with Crippen LogP contribution in [0.3, 0.4) is 0 Å². The van der Waals surface area contributed by atoms with Crippen LogP contribution in [0.25, 0.3) is 0 Å². The molecule has 1 fully saturated rings. The van der Waals surface area contributed by atoms with Crippen molar-refractivity contribution in [3.05, 3.63) is 17.3 Å². The van der Waals surface area contributed by atoms with E-state index in [1.165, 1.54) is 0 Å². The number of ether oxygens (including phenoxy) is 1. The van der Waals surface area contributed by atoms with Crippen molar-refractivity contribution >= 4 is 29.0 Å². The Morgan fingerprint density at radius 3 is 2.95 bits per heavy atom. The van der Waals surface area contributed by atoms with E-state index in [0.717, 1.165) is 0 Å². The lowest BCUT2D eigenvalue weighted by molar-refractivity contribution is -0.134. The van der Waals surface area contributed by atoms with Crippen molar-refractivity contribution < 1.29 is 9.53 Å². The van der Waals surface area contributed by atoms with Gasteiger partial charge in [0.25, 0.3) is 0 Å². The van der Waals surface area contributed by atoms with Crippen molar-refractivity contribution in [3.63, 3.8) is 0 Å². The number of hydrogen-bond donors (Lipinski definition) is 2. The maximum atomic E-state index is 11.9. The van der Waals surface area contributed by atoms with E-state index in [2.05, 4.69) is 10.3 Å². The Balaban J connectivity index is 1.79. The molecular weight excluding hydrogens is 268 g/mol. The summed E-state index contributed by atoms with van der Waals surface area (Å²) in [5.41, 5.74) is 6.27. The summed E-state index contributed by atoms with van der Waals surface area (Å²) >= 11 is 5.78. The lowest BCUT2D eigenvalue weighted by atomic mass is 10.3. The molecule has 104 valence electrons. The SMILES string of the molecule is Nc1ccc(Cl)nc1NCCC(=O)N1CCOCC1. The Labute approximate surface area is 116 Å². The zero-order chi connectivity index (χ0) is 13.7. The predicted octanol–water partition coefficient (Wildman–Crippen LogP) is 0.978. The van der Waals surface area contributed by atoms with Crippen molar-refractivity contribution in [2.45, 2.75) is 6.42 Å². The smallest absolute Gasteiger partial charge is 0.224 e. The number of hydrogen-bond acceptors (Lipinski definition) is 5. The Morgan fingerprint density at radius 2 is 2.21 bits per heavy atom. The van der Waals surface area contributed by atoms with E-state index < -0.39 is 0 Å². The average Bonchev–Trinajstić information content (AvgIpc) is 2.43. The van der Waals surface area contributed by atoms with Crippen LogP contribution in [0.15, 0.2) is 12.1 Å². The van der Waals surface area contributed by atoms with Crippen molar-refractivity contribution in [3.8, 4) is 0 Å². The first-order valence-corrected chi connectivity index (χ1v) is 6.56. The van der Waals surface area contributed by atoms with E-state index in [0.29, 0.717) is 55.9 Å². The number of nitrogens with one attached hydrogen (secondary N) is 1. The maximum absolute atomic E-state index is 11.9. The topological polar surface area (TPSA) is 80.5 Å². The van der Waals surface area contributed by atoms with Gasteiger partial charge in [0, 0.05) is 26.1 Å². The normalized spacial score (nSPS) is 15.3. The third kappa shape index (κ3) is 3.97. The molecular formula is C12H17ClN4O2. The predicted molar refractivity (Wildman–Crippen MR) is 74.2 cm³/mol. The quantitative estimate of drug-likeness (QED) is 0.806. The molecule has 0 radical (unpaired) electrons. The molecule has 19 heavy (non-hydrogen) atoms. The Morgan fingerprint density at radius 1 is 1.47 bits per heavy atom. The highest BCUT2D eigenvalue weighted by molar-refractivity contribution is 6.29. The minimum atomic E-state index is 0.108. The average molecular weight is 285 g/mol. The van der Waals surface area contributed by atoms with Crippen LogP contribution >= 0.6 is 11.6 Å². The number of aromatic nitrogens is 1. The van der Waals surface area contributed by atoms with Crippen LogP contribution in [0.2, 0.25) is 5.15 Å². The number of pyridine rings is 1. The summed E-state index contributed by atoms with van der Waals surface area (Å²) < 4.78 is 5.20. The lowest BCUT2D eigenvalue weighted by Crippen LogP contribution is -2.41. The second-order valence-corrected chi connectivity index (χ2v) is 4.63. The number of nitrogens with two attached hydrogens (primary N) is 1. The molecule has 0 aromatic carbocycles. The third-order valence-electron chi connectivity index (χ3n) is 2.89. The van der Waals surface area contributed by atoms with Crippen LogP contribution in [0.4, 0.5) is 11.5 Å². The molecule has 1 aromatic heterocycles. The van der Waals surface area contributed by atoms with Gasteiger partial charge in [-0.1, -0.05) is 11.6 Å². The Kier molecular flexibility index (Phi) is 4.81. The van der Waals surface area contributed by atoms with E-state index in [9.17, 15) is 4.79 Å². The Bertz CT molecular complexity index is 449. The second-order valence-electron chi connectivity index (χ2n) is 4.24. The number of rotatable bonds is 4. The summed E-state index contributed by atoms with van der Waals surface area (Å²) in [5, 5.41) is 3.40. The van der Waals surface area contributed by atoms with Gasteiger partial charge >= 0.3 is 0 Å². The summed E-state index contributed by atoms with van der Waals surface area (Å²) in [5.74, 6) is 0.624. The first-order chi connectivity index (χ1) is 9.16. The fourth-order valence-corrected chi connectivity index (χ4v) is 1.99. The molecule has 6 nitrogen and oxygen atoms in total. The first-order valence-electron chi connectivity index (χ1n) is 6.18. The second kappa shape index (κ2) is 6.58. The van der Waals surface area contributed by atoms with Crippen molar-refractivity contribution in [2.24, 2.45) is 0 Å². The standard InChI is InChI=1S/C12H17ClN4O2/c13-10-2-1-9(14)12(16-10)15-4-3-11(18)17-5-7-19-8-6-17/h1-2H,3-8,14H2,(H,15,16). The molecule has 0 bridgehead atoms. The summed E-state index contributed by atoms with van der Waals surface area (Å²) in [6.07, 6.45) is 0.396. The van der Waals surface area contributed by atoms with Gasteiger partial charge in [-0.15, -0.1) is 0 Å². The van der Waals surface area contributed by atoms with E-state index >= 15 is 0 Å². The van der Waals surface area contributed by atoms with Crippen molar-refractivity contribution in [1.82, 2.24) is 9.88 Å². The molecule has 0 spiro atoms. The van der Waals surface area contributed by atoms with Gasteiger partial charge in [0.1, 0.15) is 5.15 Å². The minimum absolute atomic E-state index is 0.108. The lowest BCUT2D eigenvalue weighted by Gasteiger charge is -2.26. The zero-order valence-electron chi connectivity index (χ0n) is 10.6. The molecule has 0 saturated carbocycles. The van der Waals surface area contributed by atoms with Crippen LogP contribution < -0.4 is 11.1 Å². The van der Waals surface area contributed by atoms with Crippen LogP contribution in [-0.2, 0) is 9.53 Å². The molecule has 1 aromatic rings. The number of nitrogens with zero attached hydrogens (tertiary/aromatic N) is 2. The first kappa shape index (κ1) is 13.9. The molecule has 0 unspecified atom stereocenters. The largest absolute Gasteiger partial charge is 0.396 e. The van der Waals surface area contributed by atoms with Crippen LogP contribution in [0.1, 0.15) is 6.42 Å². The fraction of sp³-hybridized carbons (Fsp3) is 0.500. The van der Waals surface area contributed by atoms with E-state index in [4.69, 9.17) is 22.1 Å². The fourth-order valence-electron chi connectivity index (χ4n) is 1.85. The van der Waals surface area contributed by atoms with E-state index in [1.54, 1.807) is 17.0 Å². The molecule has 1 saturated heterocycles. The van der Waals surface area contributed by atoms with Gasteiger partial charge < -0.3 is 20.7 Å². The van der Waals surface area contributed by atoms with Gasteiger partial charge in [-0.25, -0.2) is 4.98 Å². The molecule has 1 amide bonds. The highest BCUT2D eigenvalue weighted by atomic mass is 35.5. The molecule has 2 heterocycles. The monoisotopic (exact) mass is 284 g/mol. The third-order valence-corrected chi connectivity index (χ3v) is 3.10. The maximum Gasteiger partial charge on any atom is 0.224 e. The van der Waals surface area contributed by atoms with Gasteiger partial charge in [0.2, 0.25) is 5.91 Å². The highest BCUT2D eigenvalue weighted by Gasteiger charge is 2.16. The van der Waals surface area contributed by atoms with Crippen LogP contribution in [0, 0.1) is 0 Å². The number of carbonyl (C=O) groups is 1. The van der Waals surface area contributed by atoms with Gasteiger partial charge in [-0.05, 0) is 12.1 Å².